The first-order chi connectivity index (χ1) is 5.16. The third-order valence-corrected chi connectivity index (χ3v) is 1.01. The summed E-state index contributed by atoms with van der Waals surface area (Å²) >= 11 is 0. The van der Waals surface area contributed by atoms with E-state index in [-0.39, 0.29) is 12.1 Å². The maximum Gasteiger partial charge on any atom is 0.315 e. The lowest BCUT2D eigenvalue weighted by Gasteiger charge is -2.08. The highest BCUT2D eigenvalue weighted by atomic mass is 16.5. The molecule has 0 spiro atoms. The van der Waals surface area contributed by atoms with Crippen LogP contribution in [0.15, 0.2) is 0 Å². The number of hydrogen-bond acceptors (Lipinski definition) is 2. The van der Waals surface area contributed by atoms with E-state index < -0.39 is 0 Å². The molecule has 0 aliphatic carbocycles. The summed E-state index contributed by atoms with van der Waals surface area (Å²) in [6.07, 6.45) is 0. The van der Waals surface area contributed by atoms with Gasteiger partial charge in [-0.05, 0) is 13.8 Å². The second-order valence-electron chi connectivity index (χ2n) is 2.55. The molecule has 0 saturated carbocycles. The van der Waals surface area contributed by atoms with Crippen molar-refractivity contribution in [2.45, 2.75) is 19.9 Å². The second-order valence-corrected chi connectivity index (χ2v) is 2.55. The zero-order valence-corrected chi connectivity index (χ0v) is 7.31. The van der Waals surface area contributed by atoms with E-state index in [9.17, 15) is 4.79 Å². The lowest BCUT2D eigenvalue weighted by atomic mass is 10.4. The summed E-state index contributed by atoms with van der Waals surface area (Å²) in [6, 6.07) is 0.0367. The number of nitrogens with one attached hydrogen (secondary N) is 2. The van der Waals surface area contributed by atoms with Gasteiger partial charge in [0, 0.05) is 19.7 Å². The van der Waals surface area contributed by atoms with Crippen molar-refractivity contribution in [2.75, 3.05) is 20.3 Å². The Bertz CT molecular complexity index is 115. The summed E-state index contributed by atoms with van der Waals surface area (Å²) in [5.41, 5.74) is 0. The van der Waals surface area contributed by atoms with Crippen molar-refractivity contribution in [2.24, 2.45) is 0 Å². The molecular weight excluding hydrogens is 144 g/mol. The molecule has 11 heavy (non-hydrogen) atoms. The van der Waals surface area contributed by atoms with Crippen molar-refractivity contribution in [1.82, 2.24) is 10.6 Å². The van der Waals surface area contributed by atoms with E-state index >= 15 is 0 Å². The van der Waals surface area contributed by atoms with Crippen molar-refractivity contribution < 1.29 is 9.53 Å². The third kappa shape index (κ3) is 7.12. The predicted octanol–water partition coefficient (Wildman–Crippen LogP) is 0.340. The monoisotopic (exact) mass is 160 g/mol. The SMILES string of the molecule is COCCNC(=O)NC(C)C. The number of hydrogen-bond donors (Lipinski definition) is 2. The number of methoxy groups -OCH3 is 1. The van der Waals surface area contributed by atoms with Gasteiger partial charge in [0.05, 0.1) is 6.61 Å². The summed E-state index contributed by atoms with van der Waals surface area (Å²) in [4.78, 5) is 10.9. The fourth-order valence-electron chi connectivity index (χ4n) is 0.580. The van der Waals surface area contributed by atoms with E-state index in [1.165, 1.54) is 0 Å². The first-order valence-electron chi connectivity index (χ1n) is 3.70. The van der Waals surface area contributed by atoms with Crippen LogP contribution in [0.4, 0.5) is 4.79 Å². The smallest absolute Gasteiger partial charge is 0.315 e. The quantitative estimate of drug-likeness (QED) is 0.583. The van der Waals surface area contributed by atoms with Crippen molar-refractivity contribution in [1.29, 1.82) is 0 Å². The Kier molecular flexibility index (Phi) is 5.56. The van der Waals surface area contributed by atoms with Crippen molar-refractivity contribution >= 4 is 6.03 Å². The molecule has 0 atom stereocenters. The largest absolute Gasteiger partial charge is 0.383 e. The molecule has 0 radical (unpaired) electrons. The van der Waals surface area contributed by atoms with E-state index in [0.29, 0.717) is 13.2 Å². The molecule has 2 amide bonds. The minimum Gasteiger partial charge on any atom is -0.383 e. The van der Waals surface area contributed by atoms with Gasteiger partial charge in [0.15, 0.2) is 0 Å². The molecule has 4 heteroatoms. The molecule has 2 N–H and O–H groups in total. The molecule has 0 saturated heterocycles. The van der Waals surface area contributed by atoms with Gasteiger partial charge in [-0.25, -0.2) is 4.79 Å². The first-order valence-corrected chi connectivity index (χ1v) is 3.70. The van der Waals surface area contributed by atoms with Crippen molar-refractivity contribution in [3.8, 4) is 0 Å². The Labute approximate surface area is 67.3 Å². The summed E-state index contributed by atoms with van der Waals surface area (Å²) in [5.74, 6) is 0. The van der Waals surface area contributed by atoms with Crippen molar-refractivity contribution in [3.05, 3.63) is 0 Å². The summed E-state index contributed by atoms with van der Waals surface area (Å²) in [6.45, 7) is 4.92. The molecular formula is C7H16N2O2. The number of carbonyl (C=O) groups excluding carboxylic acids is 1. The number of rotatable bonds is 4. The van der Waals surface area contributed by atoms with E-state index in [2.05, 4.69) is 10.6 Å². The van der Waals surface area contributed by atoms with Gasteiger partial charge in [0.1, 0.15) is 0 Å². The zero-order valence-electron chi connectivity index (χ0n) is 7.31. The summed E-state index contributed by atoms with van der Waals surface area (Å²) < 4.78 is 4.75. The van der Waals surface area contributed by atoms with Gasteiger partial charge < -0.3 is 15.4 Å². The molecule has 0 bridgehead atoms. The van der Waals surface area contributed by atoms with Gasteiger partial charge in [0.2, 0.25) is 0 Å². The fourth-order valence-corrected chi connectivity index (χ4v) is 0.580. The molecule has 0 rings (SSSR count). The zero-order chi connectivity index (χ0) is 8.69. The highest BCUT2D eigenvalue weighted by Crippen LogP contribution is 1.75. The van der Waals surface area contributed by atoms with Crippen LogP contribution in [0.1, 0.15) is 13.8 Å². The molecule has 0 aromatic carbocycles. The maximum atomic E-state index is 10.9. The van der Waals surface area contributed by atoms with Crippen LogP contribution >= 0.6 is 0 Å². The Morgan fingerprint density at radius 1 is 1.55 bits per heavy atom. The van der Waals surface area contributed by atoms with E-state index in [0.717, 1.165) is 0 Å². The van der Waals surface area contributed by atoms with Crippen LogP contribution in [-0.4, -0.2) is 32.3 Å². The molecule has 0 aromatic rings. The molecule has 0 unspecified atom stereocenters. The number of urea groups is 1. The van der Waals surface area contributed by atoms with Gasteiger partial charge in [0.25, 0.3) is 0 Å². The van der Waals surface area contributed by atoms with Gasteiger partial charge in [-0.2, -0.15) is 0 Å². The predicted molar refractivity (Wildman–Crippen MR) is 43.5 cm³/mol. The lowest BCUT2D eigenvalue weighted by molar-refractivity contribution is 0.195. The second kappa shape index (κ2) is 5.97. The maximum absolute atomic E-state index is 10.9. The highest BCUT2D eigenvalue weighted by molar-refractivity contribution is 5.73. The van der Waals surface area contributed by atoms with E-state index in [1.807, 2.05) is 13.8 Å². The number of ether oxygens (including phenoxy) is 1. The normalized spacial score (nSPS) is 9.82. The lowest BCUT2D eigenvalue weighted by Crippen LogP contribution is -2.40. The molecule has 66 valence electrons. The van der Waals surface area contributed by atoms with Crippen LogP contribution in [0.3, 0.4) is 0 Å². The average molecular weight is 160 g/mol. The molecule has 0 aromatic heterocycles. The molecule has 0 aliphatic rings. The summed E-state index contributed by atoms with van der Waals surface area (Å²) in [5, 5.41) is 5.34. The minimum atomic E-state index is -0.142. The van der Waals surface area contributed by atoms with Crippen LogP contribution in [-0.2, 0) is 4.74 Å². The van der Waals surface area contributed by atoms with Crippen LogP contribution in [0.5, 0.6) is 0 Å². The molecule has 4 nitrogen and oxygen atoms in total. The standard InChI is InChI=1S/C7H16N2O2/c1-6(2)9-7(10)8-4-5-11-3/h6H,4-5H2,1-3H3,(H2,8,9,10). The van der Waals surface area contributed by atoms with Crippen LogP contribution in [0.25, 0.3) is 0 Å². The van der Waals surface area contributed by atoms with Gasteiger partial charge in [-0.15, -0.1) is 0 Å². The molecule has 0 fully saturated rings. The molecule has 0 heterocycles. The Hall–Kier alpha value is -0.770. The number of carbonyl (C=O) groups is 1. The topological polar surface area (TPSA) is 50.4 Å². The van der Waals surface area contributed by atoms with Gasteiger partial charge in [-0.1, -0.05) is 0 Å². The Morgan fingerprint density at radius 2 is 2.18 bits per heavy atom. The van der Waals surface area contributed by atoms with Gasteiger partial charge >= 0.3 is 6.03 Å². The summed E-state index contributed by atoms with van der Waals surface area (Å²) in [7, 11) is 1.60. The highest BCUT2D eigenvalue weighted by Gasteiger charge is 1.99. The Morgan fingerprint density at radius 3 is 2.64 bits per heavy atom. The van der Waals surface area contributed by atoms with Crippen LogP contribution in [0.2, 0.25) is 0 Å². The fraction of sp³-hybridized carbons (Fsp3) is 0.857. The third-order valence-electron chi connectivity index (χ3n) is 1.01. The average Bonchev–Trinajstić information content (AvgIpc) is 1.86. The van der Waals surface area contributed by atoms with E-state index in [1.54, 1.807) is 7.11 Å². The van der Waals surface area contributed by atoms with Crippen LogP contribution in [0, 0.1) is 0 Å². The van der Waals surface area contributed by atoms with Gasteiger partial charge in [-0.3, -0.25) is 0 Å². The first kappa shape index (κ1) is 10.2. The Balaban J connectivity index is 3.23. The van der Waals surface area contributed by atoms with Crippen LogP contribution < -0.4 is 10.6 Å². The molecule has 0 aliphatic heterocycles. The van der Waals surface area contributed by atoms with Crippen molar-refractivity contribution in [3.63, 3.8) is 0 Å². The minimum absolute atomic E-state index is 0.142. The number of amides is 2. The van der Waals surface area contributed by atoms with E-state index in [4.69, 9.17) is 4.74 Å².